The number of hydrogen-bond acceptors (Lipinski definition) is 2. The van der Waals surface area contributed by atoms with E-state index in [0.29, 0.717) is 0 Å². The number of aromatic hydroxyl groups is 1. The zero-order valence-corrected chi connectivity index (χ0v) is 15.2. The molecular weight excluding hydrogens is 378 g/mol. The van der Waals surface area contributed by atoms with E-state index in [9.17, 15) is 9.90 Å². The van der Waals surface area contributed by atoms with E-state index in [0.717, 1.165) is 26.9 Å². The van der Waals surface area contributed by atoms with E-state index < -0.39 is 5.41 Å². The summed E-state index contributed by atoms with van der Waals surface area (Å²) in [6, 6.07) is 22.5. The highest BCUT2D eigenvalue weighted by atomic mass is 79.9. The summed E-state index contributed by atoms with van der Waals surface area (Å²) in [5.41, 5.74) is 2.61. The van der Waals surface area contributed by atoms with Crippen molar-refractivity contribution in [3.63, 3.8) is 0 Å². The van der Waals surface area contributed by atoms with Gasteiger partial charge in [0.2, 0.25) is 5.91 Å². The summed E-state index contributed by atoms with van der Waals surface area (Å²) in [7, 11) is 1.80. The minimum atomic E-state index is -0.945. The van der Waals surface area contributed by atoms with Gasteiger partial charge in [-0.2, -0.15) is 0 Å². The Morgan fingerprint density at radius 1 is 0.880 bits per heavy atom. The number of nitrogens with zero attached hydrogens (tertiary/aromatic N) is 1. The van der Waals surface area contributed by atoms with Gasteiger partial charge in [0.05, 0.1) is 0 Å². The zero-order chi connectivity index (χ0) is 17.6. The first-order valence-electron chi connectivity index (χ1n) is 7.99. The number of carbonyl (C=O) groups excluding carboxylic acids is 1. The topological polar surface area (TPSA) is 40.5 Å². The van der Waals surface area contributed by atoms with Gasteiger partial charge in [0.1, 0.15) is 11.2 Å². The van der Waals surface area contributed by atoms with Gasteiger partial charge in [0.15, 0.2) is 0 Å². The van der Waals surface area contributed by atoms with Crippen LogP contribution in [0, 0.1) is 0 Å². The van der Waals surface area contributed by atoms with Crippen molar-refractivity contribution in [2.45, 2.75) is 5.41 Å². The molecule has 1 aliphatic rings. The smallest absolute Gasteiger partial charge is 0.246 e. The monoisotopic (exact) mass is 393 g/mol. The van der Waals surface area contributed by atoms with Crippen molar-refractivity contribution in [3.8, 4) is 5.75 Å². The Morgan fingerprint density at radius 3 is 2.20 bits per heavy atom. The summed E-state index contributed by atoms with van der Waals surface area (Å²) in [6.45, 7) is 0. The molecule has 0 saturated heterocycles. The highest BCUT2D eigenvalue weighted by Crippen LogP contribution is 2.52. The van der Waals surface area contributed by atoms with Crippen molar-refractivity contribution < 1.29 is 9.90 Å². The second-order valence-electron chi connectivity index (χ2n) is 6.16. The summed E-state index contributed by atoms with van der Waals surface area (Å²) < 4.78 is 0.889. The maximum Gasteiger partial charge on any atom is 0.246 e. The van der Waals surface area contributed by atoms with E-state index in [-0.39, 0.29) is 11.7 Å². The predicted octanol–water partition coefficient (Wildman–Crippen LogP) is 4.47. The predicted molar refractivity (Wildman–Crippen MR) is 102 cm³/mol. The molecule has 1 amide bonds. The van der Waals surface area contributed by atoms with Crippen LogP contribution in [0.15, 0.2) is 77.3 Å². The average molecular weight is 394 g/mol. The standard InChI is InChI=1S/C21H16BrNO2/c1-23-18-9-5-8-17(22)19(18)21(20(23)25,14-6-3-2-4-7-14)15-10-12-16(24)13-11-15/h2-13,24H,1H3. The number of anilines is 1. The van der Waals surface area contributed by atoms with E-state index in [1.165, 1.54) is 0 Å². The molecule has 0 saturated carbocycles. The van der Waals surface area contributed by atoms with E-state index in [2.05, 4.69) is 15.9 Å². The van der Waals surface area contributed by atoms with Crippen LogP contribution in [0.25, 0.3) is 0 Å². The fourth-order valence-corrected chi connectivity index (χ4v) is 4.39. The van der Waals surface area contributed by atoms with Crippen molar-refractivity contribution in [1.82, 2.24) is 0 Å². The number of halogens is 1. The van der Waals surface area contributed by atoms with Crippen LogP contribution in [0.3, 0.4) is 0 Å². The van der Waals surface area contributed by atoms with Crippen LogP contribution in [0.1, 0.15) is 16.7 Å². The molecule has 0 aliphatic carbocycles. The van der Waals surface area contributed by atoms with Crippen LogP contribution >= 0.6 is 15.9 Å². The molecule has 124 valence electrons. The number of hydrogen-bond donors (Lipinski definition) is 1. The lowest BCUT2D eigenvalue weighted by Gasteiger charge is -2.30. The second-order valence-corrected chi connectivity index (χ2v) is 7.02. The van der Waals surface area contributed by atoms with Gasteiger partial charge in [-0.1, -0.05) is 64.5 Å². The number of benzene rings is 3. The molecule has 3 nitrogen and oxygen atoms in total. The summed E-state index contributed by atoms with van der Waals surface area (Å²) in [5.74, 6) is 0.171. The van der Waals surface area contributed by atoms with Gasteiger partial charge in [0, 0.05) is 22.8 Å². The number of fused-ring (bicyclic) bond motifs is 1. The number of amides is 1. The lowest BCUT2D eigenvalue weighted by molar-refractivity contribution is -0.120. The van der Waals surface area contributed by atoms with Crippen LogP contribution in [-0.2, 0) is 10.2 Å². The fourth-order valence-electron chi connectivity index (χ4n) is 3.73. The molecule has 3 aromatic rings. The lowest BCUT2D eigenvalue weighted by atomic mass is 9.70. The largest absolute Gasteiger partial charge is 0.508 e. The van der Waals surface area contributed by atoms with E-state index in [1.807, 2.05) is 60.7 Å². The van der Waals surface area contributed by atoms with E-state index in [1.54, 1.807) is 24.1 Å². The molecule has 4 heteroatoms. The van der Waals surface area contributed by atoms with Crippen LogP contribution < -0.4 is 4.90 Å². The Labute approximate surface area is 154 Å². The maximum atomic E-state index is 13.6. The molecule has 0 aromatic heterocycles. The normalized spacial score (nSPS) is 19.1. The number of rotatable bonds is 2. The SMILES string of the molecule is CN1C(=O)C(c2ccccc2)(c2ccc(O)cc2)c2c(Br)cccc21. The minimum absolute atomic E-state index is 0.00807. The molecule has 0 spiro atoms. The first kappa shape index (κ1) is 15.9. The third-order valence-electron chi connectivity index (χ3n) is 4.86. The molecule has 3 aromatic carbocycles. The van der Waals surface area contributed by atoms with Crippen molar-refractivity contribution >= 4 is 27.5 Å². The van der Waals surface area contributed by atoms with Gasteiger partial charge in [0.25, 0.3) is 0 Å². The Kier molecular flexibility index (Phi) is 3.65. The molecular formula is C21H16BrNO2. The van der Waals surface area contributed by atoms with Crippen LogP contribution in [0.2, 0.25) is 0 Å². The van der Waals surface area contributed by atoms with Crippen molar-refractivity contribution in [1.29, 1.82) is 0 Å². The summed E-state index contributed by atoms with van der Waals surface area (Å²) >= 11 is 3.66. The quantitative estimate of drug-likeness (QED) is 0.697. The van der Waals surface area contributed by atoms with Crippen LogP contribution in [-0.4, -0.2) is 18.1 Å². The van der Waals surface area contributed by atoms with Crippen molar-refractivity contribution in [2.24, 2.45) is 0 Å². The van der Waals surface area contributed by atoms with E-state index >= 15 is 0 Å². The number of likely N-dealkylation sites (N-methyl/N-ethyl adjacent to an activating group) is 1. The van der Waals surface area contributed by atoms with Crippen LogP contribution in [0.5, 0.6) is 5.75 Å². The lowest BCUT2D eigenvalue weighted by Crippen LogP contribution is -2.40. The van der Waals surface area contributed by atoms with Gasteiger partial charge in [-0.15, -0.1) is 0 Å². The molecule has 25 heavy (non-hydrogen) atoms. The molecule has 1 atom stereocenters. The Morgan fingerprint density at radius 2 is 1.52 bits per heavy atom. The van der Waals surface area contributed by atoms with Crippen LogP contribution in [0.4, 0.5) is 5.69 Å². The molecule has 1 N–H and O–H groups in total. The third-order valence-corrected chi connectivity index (χ3v) is 5.52. The molecule has 4 rings (SSSR count). The number of phenolic OH excluding ortho intramolecular Hbond substituents is 1. The van der Waals surface area contributed by atoms with Crippen molar-refractivity contribution in [3.05, 3.63) is 94.0 Å². The second kappa shape index (κ2) is 5.74. The average Bonchev–Trinajstić information content (AvgIpc) is 2.87. The van der Waals surface area contributed by atoms with Gasteiger partial charge in [-0.3, -0.25) is 4.79 Å². The molecule has 1 unspecified atom stereocenters. The summed E-state index contributed by atoms with van der Waals surface area (Å²) in [5, 5.41) is 9.72. The Bertz CT molecular complexity index is 953. The van der Waals surface area contributed by atoms with Crippen molar-refractivity contribution in [2.75, 3.05) is 11.9 Å². The number of phenols is 1. The Balaban J connectivity index is 2.14. The van der Waals surface area contributed by atoms with Gasteiger partial charge in [-0.25, -0.2) is 0 Å². The number of carbonyl (C=O) groups is 1. The first-order chi connectivity index (χ1) is 12.1. The van der Waals surface area contributed by atoms with E-state index in [4.69, 9.17) is 0 Å². The molecule has 1 heterocycles. The van der Waals surface area contributed by atoms with Gasteiger partial charge in [-0.05, 0) is 35.4 Å². The molecule has 0 radical (unpaired) electrons. The maximum absolute atomic E-state index is 13.6. The third kappa shape index (κ3) is 2.14. The summed E-state index contributed by atoms with van der Waals surface area (Å²) in [6.07, 6.45) is 0. The highest BCUT2D eigenvalue weighted by molar-refractivity contribution is 9.10. The first-order valence-corrected chi connectivity index (χ1v) is 8.78. The molecule has 0 bridgehead atoms. The highest BCUT2D eigenvalue weighted by Gasteiger charge is 2.53. The minimum Gasteiger partial charge on any atom is -0.508 e. The fraction of sp³-hybridized carbons (Fsp3) is 0.0952. The van der Waals surface area contributed by atoms with Gasteiger partial charge < -0.3 is 10.0 Å². The Hall–Kier alpha value is -2.59. The molecule has 0 fully saturated rings. The summed E-state index contributed by atoms with van der Waals surface area (Å²) in [4.78, 5) is 15.3. The van der Waals surface area contributed by atoms with Gasteiger partial charge >= 0.3 is 0 Å². The molecule has 1 aliphatic heterocycles. The zero-order valence-electron chi connectivity index (χ0n) is 13.6.